The zero-order valence-electron chi connectivity index (χ0n) is 24.5. The number of fused-ring (bicyclic) bond motifs is 2. The van der Waals surface area contributed by atoms with E-state index in [0.717, 1.165) is 66.9 Å². The molecule has 2 heterocycles. The van der Waals surface area contributed by atoms with Crippen LogP contribution in [0, 0.1) is 12.8 Å². The van der Waals surface area contributed by atoms with Crippen molar-refractivity contribution < 1.29 is 9.47 Å². The van der Waals surface area contributed by atoms with Crippen LogP contribution in [0.3, 0.4) is 0 Å². The Bertz CT molecular complexity index is 1930. The van der Waals surface area contributed by atoms with Gasteiger partial charge in [0.15, 0.2) is 0 Å². The molecule has 0 fully saturated rings. The highest BCUT2D eigenvalue weighted by atomic mass is 79.9. The fourth-order valence-corrected chi connectivity index (χ4v) is 7.54. The van der Waals surface area contributed by atoms with E-state index in [1.54, 1.807) is 14.2 Å². The number of pyridine rings is 1. The maximum absolute atomic E-state index is 5.69. The van der Waals surface area contributed by atoms with E-state index < -0.39 is 0 Å². The molecule has 0 N–H and O–H groups in total. The zero-order valence-corrected chi connectivity index (χ0v) is 26.9. The van der Waals surface area contributed by atoms with Crippen molar-refractivity contribution in [3.63, 3.8) is 0 Å². The van der Waals surface area contributed by atoms with Gasteiger partial charge in [0.25, 0.3) is 0 Å². The molecular formula is C37H31BrN2O2S. The lowest BCUT2D eigenvalue weighted by Crippen LogP contribution is -2.23. The van der Waals surface area contributed by atoms with E-state index in [2.05, 4.69) is 126 Å². The van der Waals surface area contributed by atoms with Gasteiger partial charge >= 0.3 is 0 Å². The average molecular weight is 648 g/mol. The van der Waals surface area contributed by atoms with Crippen LogP contribution in [0.5, 0.6) is 11.5 Å². The van der Waals surface area contributed by atoms with E-state index in [1.807, 2.05) is 17.8 Å². The van der Waals surface area contributed by atoms with Crippen LogP contribution < -0.4 is 14.4 Å². The summed E-state index contributed by atoms with van der Waals surface area (Å²) < 4.78 is 12.4. The molecule has 0 saturated carbocycles. The van der Waals surface area contributed by atoms with Gasteiger partial charge in [-0.15, -0.1) is 0 Å². The third kappa shape index (κ3) is 5.02. The fraction of sp³-hybridized carbons (Fsp3) is 0.162. The molecule has 4 aromatic carbocycles. The van der Waals surface area contributed by atoms with Crippen LogP contribution in [-0.4, -0.2) is 19.2 Å². The third-order valence-electron chi connectivity index (χ3n) is 8.15. The topological polar surface area (TPSA) is 34.6 Å². The number of methoxy groups -OCH3 is 2. The zero-order chi connectivity index (χ0) is 29.7. The Kier molecular flexibility index (Phi) is 7.28. The SMILES string of the molecule is COc1cc(OC)cc(-c2cc(-c3ccc(Br)cc3)nc3c(N4C5=C(CC(C)C=C5)Sc5ccccc54)ccc(C)c23)c1. The predicted octanol–water partition coefficient (Wildman–Crippen LogP) is 10.7. The first-order valence-corrected chi connectivity index (χ1v) is 16.0. The molecule has 6 heteroatoms. The third-order valence-corrected chi connectivity index (χ3v) is 9.86. The highest BCUT2D eigenvalue weighted by molar-refractivity contribution is 9.10. The Hall–Kier alpha value is -4.00. The summed E-state index contributed by atoms with van der Waals surface area (Å²) in [5.74, 6) is 2.00. The summed E-state index contributed by atoms with van der Waals surface area (Å²) in [7, 11) is 3.38. The smallest absolute Gasteiger partial charge is 0.123 e. The first kappa shape index (κ1) is 27.8. The van der Waals surface area contributed by atoms with Crippen LogP contribution in [0.15, 0.2) is 117 Å². The summed E-state index contributed by atoms with van der Waals surface area (Å²) in [5, 5.41) is 1.11. The van der Waals surface area contributed by atoms with Crippen LogP contribution >= 0.6 is 27.7 Å². The highest BCUT2D eigenvalue weighted by Gasteiger charge is 2.30. The molecule has 5 aromatic rings. The number of hydrogen-bond donors (Lipinski definition) is 0. The minimum atomic E-state index is 0.505. The summed E-state index contributed by atoms with van der Waals surface area (Å²) in [5.41, 5.74) is 9.65. The van der Waals surface area contributed by atoms with Crippen molar-refractivity contribution in [1.29, 1.82) is 0 Å². The molecule has 1 aliphatic carbocycles. The van der Waals surface area contributed by atoms with Crippen molar-refractivity contribution in [2.45, 2.75) is 25.2 Å². The minimum absolute atomic E-state index is 0.505. The number of nitrogens with zero attached hydrogens (tertiary/aromatic N) is 2. The van der Waals surface area contributed by atoms with Gasteiger partial charge < -0.3 is 14.4 Å². The van der Waals surface area contributed by atoms with E-state index in [0.29, 0.717) is 5.92 Å². The van der Waals surface area contributed by atoms with E-state index in [-0.39, 0.29) is 0 Å². The molecule has 2 aliphatic rings. The van der Waals surface area contributed by atoms with Crippen molar-refractivity contribution in [1.82, 2.24) is 4.98 Å². The Balaban J connectivity index is 1.56. The number of thioether (sulfide) groups is 1. The van der Waals surface area contributed by atoms with Gasteiger partial charge in [-0.3, -0.25) is 0 Å². The van der Waals surface area contributed by atoms with Gasteiger partial charge in [-0.25, -0.2) is 4.98 Å². The van der Waals surface area contributed by atoms with Crippen LogP contribution in [-0.2, 0) is 0 Å². The molecule has 43 heavy (non-hydrogen) atoms. The molecule has 214 valence electrons. The Morgan fingerprint density at radius 2 is 1.60 bits per heavy atom. The lowest BCUT2D eigenvalue weighted by atomic mass is 9.93. The summed E-state index contributed by atoms with van der Waals surface area (Å²) >= 11 is 5.49. The predicted molar refractivity (Wildman–Crippen MR) is 183 cm³/mol. The normalized spacial score (nSPS) is 15.8. The van der Waals surface area contributed by atoms with Crippen molar-refractivity contribution in [2.24, 2.45) is 5.92 Å². The number of para-hydroxylation sites is 1. The maximum atomic E-state index is 5.69. The Morgan fingerprint density at radius 1 is 0.860 bits per heavy atom. The number of benzene rings is 4. The summed E-state index contributed by atoms with van der Waals surface area (Å²) in [4.78, 5) is 10.5. The first-order chi connectivity index (χ1) is 20.9. The average Bonchev–Trinajstić information content (AvgIpc) is 3.03. The molecule has 4 nitrogen and oxygen atoms in total. The Labute approximate surface area is 265 Å². The van der Waals surface area contributed by atoms with Gasteiger partial charge in [0.2, 0.25) is 0 Å². The molecule has 1 unspecified atom stereocenters. The van der Waals surface area contributed by atoms with Gasteiger partial charge in [-0.1, -0.05) is 71.0 Å². The molecular weight excluding hydrogens is 616 g/mol. The van der Waals surface area contributed by atoms with Crippen molar-refractivity contribution in [3.8, 4) is 33.9 Å². The molecule has 0 bridgehead atoms. The van der Waals surface area contributed by atoms with Gasteiger partial charge in [0.1, 0.15) is 11.5 Å². The van der Waals surface area contributed by atoms with Crippen LogP contribution in [0.4, 0.5) is 11.4 Å². The maximum Gasteiger partial charge on any atom is 0.123 e. The number of hydrogen-bond acceptors (Lipinski definition) is 5. The summed E-state index contributed by atoms with van der Waals surface area (Å²) in [6, 6.07) is 29.8. The summed E-state index contributed by atoms with van der Waals surface area (Å²) in [6.07, 6.45) is 5.65. The highest BCUT2D eigenvalue weighted by Crippen LogP contribution is 2.52. The van der Waals surface area contributed by atoms with Crippen molar-refractivity contribution in [2.75, 3.05) is 19.1 Å². The van der Waals surface area contributed by atoms with E-state index in [4.69, 9.17) is 14.5 Å². The summed E-state index contributed by atoms with van der Waals surface area (Å²) in [6.45, 7) is 4.45. The van der Waals surface area contributed by atoms with Crippen LogP contribution in [0.2, 0.25) is 0 Å². The number of ether oxygens (including phenoxy) is 2. The fourth-order valence-electron chi connectivity index (χ4n) is 5.99. The lowest BCUT2D eigenvalue weighted by molar-refractivity contribution is 0.394. The number of anilines is 2. The van der Waals surface area contributed by atoms with E-state index in [9.17, 15) is 0 Å². The van der Waals surface area contributed by atoms with E-state index >= 15 is 0 Å². The largest absolute Gasteiger partial charge is 0.497 e. The molecule has 1 atom stereocenters. The van der Waals surface area contributed by atoms with Gasteiger partial charge in [-0.2, -0.15) is 0 Å². The molecule has 0 saturated heterocycles. The second kappa shape index (κ2) is 11.3. The van der Waals surface area contributed by atoms with Crippen molar-refractivity contribution >= 4 is 50.0 Å². The quantitative estimate of drug-likeness (QED) is 0.190. The number of allylic oxidation sites excluding steroid dienone is 3. The standard InChI is InChI=1S/C37H31BrN2O2S/c1-22-9-15-32-35(17-22)43-34-8-6-5-7-31(34)40(32)33-16-10-23(2)36-29(25-18-27(41-3)20-28(19-25)42-4)21-30(39-37(33)36)24-11-13-26(38)14-12-24/h5-16,18-22H,17H2,1-4H3. The molecule has 0 amide bonds. The monoisotopic (exact) mass is 646 g/mol. The molecule has 7 rings (SSSR count). The number of rotatable bonds is 5. The van der Waals surface area contributed by atoms with Crippen molar-refractivity contribution in [3.05, 3.63) is 118 Å². The minimum Gasteiger partial charge on any atom is -0.497 e. The van der Waals surface area contributed by atoms with E-state index in [1.165, 1.54) is 21.2 Å². The van der Waals surface area contributed by atoms with Gasteiger partial charge in [0, 0.05) is 31.3 Å². The first-order valence-electron chi connectivity index (χ1n) is 14.4. The Morgan fingerprint density at radius 3 is 2.35 bits per heavy atom. The molecule has 1 aliphatic heterocycles. The number of aromatic nitrogens is 1. The molecule has 1 aromatic heterocycles. The number of halogens is 1. The molecule has 0 spiro atoms. The van der Waals surface area contributed by atoms with Crippen LogP contribution in [0.25, 0.3) is 33.3 Å². The molecule has 0 radical (unpaired) electrons. The lowest BCUT2D eigenvalue weighted by Gasteiger charge is -2.36. The van der Waals surface area contributed by atoms with Gasteiger partial charge in [0.05, 0.1) is 42.5 Å². The van der Waals surface area contributed by atoms with Gasteiger partial charge in [-0.05, 0) is 90.6 Å². The second-order valence-corrected chi connectivity index (χ2v) is 13.1. The van der Waals surface area contributed by atoms with Crippen LogP contribution in [0.1, 0.15) is 18.9 Å². The number of aryl methyl sites for hydroxylation is 1. The second-order valence-electron chi connectivity index (χ2n) is 11.0.